The predicted octanol–water partition coefficient (Wildman–Crippen LogP) is 3.93. The van der Waals surface area contributed by atoms with Crippen molar-refractivity contribution in [3.63, 3.8) is 0 Å². The van der Waals surface area contributed by atoms with E-state index in [1.807, 2.05) is 56.3 Å². The molecule has 0 spiro atoms. The number of nitrogens with zero attached hydrogens (tertiary/aromatic N) is 1. The molecule has 3 rings (SSSR count). The Morgan fingerprint density at radius 3 is 2.73 bits per heavy atom. The number of fused-ring (bicyclic) bond motifs is 1. The summed E-state index contributed by atoms with van der Waals surface area (Å²) in [6, 6.07) is 13.7. The van der Waals surface area contributed by atoms with Crippen LogP contribution < -0.4 is 10.1 Å². The normalized spacial score (nSPS) is 10.6. The maximum absolute atomic E-state index is 12.0. The molecule has 2 aromatic carbocycles. The van der Waals surface area contributed by atoms with Crippen molar-refractivity contribution in [3.8, 4) is 5.75 Å². The molecular formula is C17H16N2O2S. The highest BCUT2D eigenvalue weighted by Crippen LogP contribution is 2.25. The van der Waals surface area contributed by atoms with Crippen molar-refractivity contribution in [3.05, 3.63) is 53.0 Å². The molecule has 5 heteroatoms. The number of carbonyl (C=O) groups excluding carboxylic acids is 1. The Balaban J connectivity index is 1.67. The molecule has 1 amide bonds. The summed E-state index contributed by atoms with van der Waals surface area (Å²) in [6.45, 7) is 3.87. The number of benzene rings is 2. The van der Waals surface area contributed by atoms with E-state index < -0.39 is 0 Å². The molecule has 1 aromatic heterocycles. The van der Waals surface area contributed by atoms with Crippen molar-refractivity contribution < 1.29 is 9.53 Å². The van der Waals surface area contributed by atoms with E-state index >= 15 is 0 Å². The average Bonchev–Trinajstić information content (AvgIpc) is 2.83. The smallest absolute Gasteiger partial charge is 0.264 e. The van der Waals surface area contributed by atoms with Crippen LogP contribution in [0.4, 0.5) is 5.13 Å². The lowest BCUT2D eigenvalue weighted by Gasteiger charge is -2.08. The molecular weight excluding hydrogens is 296 g/mol. The molecule has 0 saturated carbocycles. The van der Waals surface area contributed by atoms with Crippen LogP contribution in [0.1, 0.15) is 10.6 Å². The van der Waals surface area contributed by atoms with Crippen molar-refractivity contribution in [1.29, 1.82) is 0 Å². The van der Waals surface area contributed by atoms with Gasteiger partial charge in [0.1, 0.15) is 5.75 Å². The molecule has 0 aliphatic carbocycles. The Morgan fingerprint density at radius 1 is 1.18 bits per heavy atom. The van der Waals surface area contributed by atoms with E-state index in [4.69, 9.17) is 4.74 Å². The zero-order chi connectivity index (χ0) is 15.5. The zero-order valence-electron chi connectivity index (χ0n) is 12.4. The number of amides is 1. The van der Waals surface area contributed by atoms with Crippen LogP contribution in [0, 0.1) is 13.8 Å². The van der Waals surface area contributed by atoms with Gasteiger partial charge in [0.05, 0.1) is 5.69 Å². The van der Waals surface area contributed by atoms with Gasteiger partial charge in [-0.15, -0.1) is 11.3 Å². The van der Waals surface area contributed by atoms with E-state index in [-0.39, 0.29) is 12.5 Å². The van der Waals surface area contributed by atoms with Crippen LogP contribution in [0.25, 0.3) is 10.8 Å². The minimum Gasteiger partial charge on any atom is -0.483 e. The maximum atomic E-state index is 12.0. The third-order valence-corrected chi connectivity index (χ3v) is 4.37. The topological polar surface area (TPSA) is 51.2 Å². The molecule has 0 atom stereocenters. The SMILES string of the molecule is Cc1nc(NC(=O)COc2cccc3ccccc23)sc1C. The molecule has 0 saturated heterocycles. The van der Waals surface area contributed by atoms with Crippen LogP contribution in [0.5, 0.6) is 5.75 Å². The van der Waals surface area contributed by atoms with E-state index in [9.17, 15) is 4.79 Å². The number of carbonyl (C=O) groups is 1. The van der Waals surface area contributed by atoms with Gasteiger partial charge in [0, 0.05) is 10.3 Å². The van der Waals surface area contributed by atoms with E-state index in [0.717, 1.165) is 21.3 Å². The molecule has 0 radical (unpaired) electrons. The molecule has 0 unspecified atom stereocenters. The van der Waals surface area contributed by atoms with Gasteiger partial charge in [0.15, 0.2) is 11.7 Å². The van der Waals surface area contributed by atoms with E-state index in [2.05, 4.69) is 10.3 Å². The number of aromatic nitrogens is 1. The number of thiazole rings is 1. The minimum atomic E-state index is -0.207. The fourth-order valence-electron chi connectivity index (χ4n) is 2.15. The third-order valence-electron chi connectivity index (χ3n) is 3.38. The van der Waals surface area contributed by atoms with Crippen LogP contribution >= 0.6 is 11.3 Å². The van der Waals surface area contributed by atoms with Gasteiger partial charge in [0.2, 0.25) is 0 Å². The lowest BCUT2D eigenvalue weighted by Crippen LogP contribution is -2.20. The summed E-state index contributed by atoms with van der Waals surface area (Å²) in [5.74, 6) is 0.501. The van der Waals surface area contributed by atoms with Gasteiger partial charge in [-0.3, -0.25) is 10.1 Å². The number of anilines is 1. The van der Waals surface area contributed by atoms with Crippen LogP contribution in [0.3, 0.4) is 0 Å². The highest BCUT2D eigenvalue weighted by atomic mass is 32.1. The minimum absolute atomic E-state index is 0.0360. The van der Waals surface area contributed by atoms with Gasteiger partial charge in [-0.2, -0.15) is 0 Å². The summed E-state index contributed by atoms with van der Waals surface area (Å²) in [7, 11) is 0. The van der Waals surface area contributed by atoms with Gasteiger partial charge in [-0.25, -0.2) is 4.98 Å². The molecule has 1 N–H and O–H groups in total. The average molecular weight is 312 g/mol. The summed E-state index contributed by atoms with van der Waals surface area (Å²) in [5, 5.41) is 5.47. The Labute approximate surface area is 132 Å². The fourth-order valence-corrected chi connectivity index (χ4v) is 2.98. The molecule has 4 nitrogen and oxygen atoms in total. The summed E-state index contributed by atoms with van der Waals surface area (Å²) in [5.41, 5.74) is 0.940. The van der Waals surface area contributed by atoms with Crippen molar-refractivity contribution in [2.24, 2.45) is 0 Å². The zero-order valence-corrected chi connectivity index (χ0v) is 13.2. The number of ether oxygens (including phenoxy) is 1. The Morgan fingerprint density at radius 2 is 1.95 bits per heavy atom. The molecule has 1 heterocycles. The second-order valence-electron chi connectivity index (χ2n) is 4.97. The number of hydrogen-bond donors (Lipinski definition) is 1. The Hall–Kier alpha value is -2.40. The molecule has 3 aromatic rings. The second-order valence-corrected chi connectivity index (χ2v) is 6.18. The van der Waals surface area contributed by atoms with E-state index in [1.165, 1.54) is 11.3 Å². The summed E-state index contributed by atoms with van der Waals surface area (Å²) in [4.78, 5) is 17.4. The lowest BCUT2D eigenvalue weighted by atomic mass is 10.1. The van der Waals surface area contributed by atoms with Crippen LogP contribution in [-0.2, 0) is 4.79 Å². The molecule has 22 heavy (non-hydrogen) atoms. The maximum Gasteiger partial charge on any atom is 0.264 e. The summed E-state index contributed by atoms with van der Waals surface area (Å²) in [6.07, 6.45) is 0. The van der Waals surface area contributed by atoms with Gasteiger partial charge < -0.3 is 4.74 Å². The van der Waals surface area contributed by atoms with E-state index in [0.29, 0.717) is 10.9 Å². The third kappa shape index (κ3) is 3.09. The highest BCUT2D eigenvalue weighted by Gasteiger charge is 2.09. The fraction of sp³-hybridized carbons (Fsp3) is 0.176. The van der Waals surface area contributed by atoms with Crippen LogP contribution in [-0.4, -0.2) is 17.5 Å². The first-order valence-corrected chi connectivity index (χ1v) is 7.79. The first-order valence-electron chi connectivity index (χ1n) is 6.98. The standard InChI is InChI=1S/C17H16N2O2S/c1-11-12(2)22-17(18-11)19-16(20)10-21-15-9-5-7-13-6-3-4-8-14(13)15/h3-9H,10H2,1-2H3,(H,18,19,20). The molecule has 0 bridgehead atoms. The van der Waals surface area contributed by atoms with Crippen LogP contribution in [0.15, 0.2) is 42.5 Å². The van der Waals surface area contributed by atoms with Crippen LogP contribution in [0.2, 0.25) is 0 Å². The largest absolute Gasteiger partial charge is 0.483 e. The lowest BCUT2D eigenvalue weighted by molar-refractivity contribution is -0.118. The summed E-state index contributed by atoms with van der Waals surface area (Å²) >= 11 is 1.47. The number of rotatable bonds is 4. The van der Waals surface area contributed by atoms with Crippen molar-refractivity contribution in [2.75, 3.05) is 11.9 Å². The van der Waals surface area contributed by atoms with Gasteiger partial charge in [-0.05, 0) is 25.3 Å². The molecule has 0 fully saturated rings. The van der Waals surface area contributed by atoms with Gasteiger partial charge in [0.25, 0.3) is 5.91 Å². The van der Waals surface area contributed by atoms with Crippen molar-refractivity contribution in [1.82, 2.24) is 4.98 Å². The summed E-state index contributed by atoms with van der Waals surface area (Å²) < 4.78 is 5.66. The highest BCUT2D eigenvalue weighted by molar-refractivity contribution is 7.15. The predicted molar refractivity (Wildman–Crippen MR) is 89.7 cm³/mol. The second kappa shape index (κ2) is 6.15. The number of nitrogens with one attached hydrogen (secondary N) is 1. The monoisotopic (exact) mass is 312 g/mol. The first kappa shape index (κ1) is 14.5. The molecule has 112 valence electrons. The Kier molecular flexibility index (Phi) is 4.06. The van der Waals surface area contributed by atoms with Gasteiger partial charge >= 0.3 is 0 Å². The van der Waals surface area contributed by atoms with Gasteiger partial charge in [-0.1, -0.05) is 36.4 Å². The van der Waals surface area contributed by atoms with Crippen molar-refractivity contribution >= 4 is 33.1 Å². The van der Waals surface area contributed by atoms with E-state index in [1.54, 1.807) is 0 Å². The first-order chi connectivity index (χ1) is 10.6. The Bertz CT molecular complexity index is 802. The van der Waals surface area contributed by atoms with Crippen molar-refractivity contribution in [2.45, 2.75) is 13.8 Å². The number of hydrogen-bond acceptors (Lipinski definition) is 4. The number of aryl methyl sites for hydroxylation is 2. The molecule has 0 aliphatic rings. The quantitative estimate of drug-likeness (QED) is 0.794. The molecule has 0 aliphatic heterocycles.